The average Bonchev–Trinajstić information content (AvgIpc) is 2.60. The molecule has 3 rings (SSSR count). The topological polar surface area (TPSA) is 58.6 Å². The molecule has 4 nitrogen and oxygen atoms in total. The third-order valence-corrected chi connectivity index (χ3v) is 5.49. The van der Waals surface area contributed by atoms with E-state index >= 15 is 0 Å². The van der Waals surface area contributed by atoms with Crippen molar-refractivity contribution in [2.24, 2.45) is 11.3 Å². The quantitative estimate of drug-likeness (QED) is 0.870. The van der Waals surface area contributed by atoms with Gasteiger partial charge in [-0.3, -0.25) is 4.79 Å². The molecule has 1 aromatic rings. The number of amides is 1. The predicted octanol–water partition coefficient (Wildman–Crippen LogP) is 2.83. The van der Waals surface area contributed by atoms with Crippen molar-refractivity contribution < 1.29 is 19.0 Å². The summed E-state index contributed by atoms with van der Waals surface area (Å²) in [6.07, 6.45) is 6.92. The van der Waals surface area contributed by atoms with E-state index in [1.807, 2.05) is 0 Å². The maximum absolute atomic E-state index is 13.4. The molecule has 1 aliphatic heterocycles. The Morgan fingerprint density at radius 3 is 2.88 bits per heavy atom. The van der Waals surface area contributed by atoms with Crippen molar-refractivity contribution in [3.63, 3.8) is 0 Å². The molecular formula is C19H26FNO3. The number of carbonyl (C=O) groups is 1. The van der Waals surface area contributed by atoms with Crippen molar-refractivity contribution >= 4 is 5.91 Å². The van der Waals surface area contributed by atoms with Gasteiger partial charge in [0.15, 0.2) is 0 Å². The molecule has 2 aliphatic rings. The second-order valence-corrected chi connectivity index (χ2v) is 7.22. The minimum Gasteiger partial charge on any atom is -0.492 e. The summed E-state index contributed by atoms with van der Waals surface area (Å²) in [7, 11) is 0. The molecule has 0 saturated heterocycles. The molecule has 0 bridgehead atoms. The number of carbonyl (C=O) groups excluding carboxylic acids is 1. The highest BCUT2D eigenvalue weighted by molar-refractivity contribution is 5.79. The second-order valence-electron chi connectivity index (χ2n) is 7.22. The monoisotopic (exact) mass is 335 g/mol. The first-order valence-corrected chi connectivity index (χ1v) is 8.92. The van der Waals surface area contributed by atoms with Crippen LogP contribution < -0.4 is 10.1 Å². The minimum absolute atomic E-state index is 0.0300. The number of aliphatic hydroxyl groups is 1. The Bertz CT molecular complexity index is 578. The lowest BCUT2D eigenvalue weighted by molar-refractivity contribution is -0.127. The smallest absolute Gasteiger partial charge is 0.226 e. The Morgan fingerprint density at radius 2 is 2.12 bits per heavy atom. The van der Waals surface area contributed by atoms with Crippen LogP contribution in [0, 0.1) is 17.2 Å². The van der Waals surface area contributed by atoms with Gasteiger partial charge in [0.1, 0.15) is 18.2 Å². The zero-order valence-corrected chi connectivity index (χ0v) is 14.0. The Morgan fingerprint density at radius 1 is 1.33 bits per heavy atom. The van der Waals surface area contributed by atoms with Crippen LogP contribution in [-0.4, -0.2) is 30.8 Å². The fourth-order valence-electron chi connectivity index (χ4n) is 4.00. The first kappa shape index (κ1) is 17.2. The minimum atomic E-state index is -0.303. The highest BCUT2D eigenvalue weighted by Gasteiger charge is 2.33. The van der Waals surface area contributed by atoms with Crippen LogP contribution in [0.4, 0.5) is 4.39 Å². The molecule has 1 unspecified atom stereocenters. The third-order valence-electron chi connectivity index (χ3n) is 5.49. The summed E-state index contributed by atoms with van der Waals surface area (Å²) in [5.41, 5.74) is 0.784. The fraction of sp³-hybridized carbons (Fsp3) is 0.632. The number of nitrogens with one attached hydrogen (secondary N) is 1. The predicted molar refractivity (Wildman–Crippen MR) is 89.3 cm³/mol. The van der Waals surface area contributed by atoms with Crippen LogP contribution in [0.5, 0.6) is 5.75 Å². The molecule has 1 heterocycles. The maximum Gasteiger partial charge on any atom is 0.226 e. The lowest BCUT2D eigenvalue weighted by Crippen LogP contribution is -2.44. The standard InChI is InChI=1S/C19H26FNO3/c20-16-4-5-17-14(11-16)10-15(12-24-17)18(23)21-13-19(8-9-22)6-2-1-3-7-19/h4-5,11,15,22H,1-3,6-10,12-13H2,(H,21,23). The number of hydrogen-bond acceptors (Lipinski definition) is 3. The number of aliphatic hydroxyl groups excluding tert-OH is 1. The van der Waals surface area contributed by atoms with Crippen molar-refractivity contribution in [1.82, 2.24) is 5.32 Å². The molecule has 0 aromatic heterocycles. The van der Waals surface area contributed by atoms with E-state index in [0.717, 1.165) is 37.7 Å². The van der Waals surface area contributed by atoms with Gasteiger partial charge in [-0.15, -0.1) is 0 Å². The Hall–Kier alpha value is -1.62. The van der Waals surface area contributed by atoms with E-state index in [1.54, 1.807) is 6.07 Å². The van der Waals surface area contributed by atoms with Crippen LogP contribution in [0.1, 0.15) is 44.1 Å². The molecular weight excluding hydrogens is 309 g/mol. The average molecular weight is 335 g/mol. The first-order valence-electron chi connectivity index (χ1n) is 8.92. The Labute approximate surface area is 142 Å². The number of fused-ring (bicyclic) bond motifs is 1. The van der Waals surface area contributed by atoms with E-state index in [2.05, 4.69) is 5.32 Å². The molecule has 2 N–H and O–H groups in total. The lowest BCUT2D eigenvalue weighted by Gasteiger charge is -2.37. The zero-order chi connectivity index (χ0) is 17.0. The van der Waals surface area contributed by atoms with Crippen LogP contribution >= 0.6 is 0 Å². The van der Waals surface area contributed by atoms with E-state index in [1.165, 1.54) is 18.6 Å². The van der Waals surface area contributed by atoms with E-state index in [4.69, 9.17) is 4.74 Å². The highest BCUT2D eigenvalue weighted by Crippen LogP contribution is 2.38. The van der Waals surface area contributed by atoms with Gasteiger partial charge in [-0.2, -0.15) is 0 Å². The fourth-order valence-corrected chi connectivity index (χ4v) is 4.00. The van der Waals surface area contributed by atoms with Gasteiger partial charge in [-0.25, -0.2) is 4.39 Å². The maximum atomic E-state index is 13.4. The van der Waals surface area contributed by atoms with Gasteiger partial charge in [0.2, 0.25) is 5.91 Å². The summed E-state index contributed by atoms with van der Waals surface area (Å²) >= 11 is 0. The van der Waals surface area contributed by atoms with Gasteiger partial charge in [-0.1, -0.05) is 19.3 Å². The van der Waals surface area contributed by atoms with Gasteiger partial charge in [-0.05, 0) is 54.9 Å². The largest absolute Gasteiger partial charge is 0.492 e. The lowest BCUT2D eigenvalue weighted by atomic mass is 9.72. The second kappa shape index (κ2) is 7.51. The molecule has 0 spiro atoms. The third kappa shape index (κ3) is 3.89. The normalized spacial score (nSPS) is 22.3. The molecule has 1 amide bonds. The summed E-state index contributed by atoms with van der Waals surface area (Å²) in [6.45, 7) is 1.10. The van der Waals surface area contributed by atoms with Crippen LogP contribution in [0.15, 0.2) is 18.2 Å². The molecule has 132 valence electrons. The van der Waals surface area contributed by atoms with Crippen molar-refractivity contribution in [2.75, 3.05) is 19.8 Å². The molecule has 24 heavy (non-hydrogen) atoms. The summed E-state index contributed by atoms with van der Waals surface area (Å²) in [5.74, 6) is 0.0499. The van der Waals surface area contributed by atoms with Gasteiger partial charge in [0.25, 0.3) is 0 Å². The SMILES string of the molecule is O=C(NCC1(CCO)CCCCC1)C1COc2ccc(F)cc2C1. The summed E-state index contributed by atoms with van der Waals surface area (Å²) < 4.78 is 19.0. The van der Waals surface area contributed by atoms with Gasteiger partial charge in [0, 0.05) is 13.2 Å². The Balaban J connectivity index is 1.59. The van der Waals surface area contributed by atoms with Crippen LogP contribution in [-0.2, 0) is 11.2 Å². The van der Waals surface area contributed by atoms with Gasteiger partial charge >= 0.3 is 0 Å². The van der Waals surface area contributed by atoms with Gasteiger partial charge < -0.3 is 15.2 Å². The van der Waals surface area contributed by atoms with Crippen molar-refractivity contribution in [3.05, 3.63) is 29.6 Å². The molecule has 1 atom stereocenters. The van der Waals surface area contributed by atoms with E-state index in [-0.39, 0.29) is 29.7 Å². The number of hydrogen-bond donors (Lipinski definition) is 2. The number of rotatable bonds is 5. The van der Waals surface area contributed by atoms with Crippen molar-refractivity contribution in [1.29, 1.82) is 0 Å². The molecule has 1 aromatic carbocycles. The molecule has 1 aliphatic carbocycles. The summed E-state index contributed by atoms with van der Waals surface area (Å²) in [4.78, 5) is 12.5. The number of benzene rings is 1. The Kier molecular flexibility index (Phi) is 5.39. The van der Waals surface area contributed by atoms with Crippen molar-refractivity contribution in [2.45, 2.75) is 44.9 Å². The zero-order valence-electron chi connectivity index (χ0n) is 14.0. The molecule has 5 heteroatoms. The van der Waals surface area contributed by atoms with E-state index < -0.39 is 0 Å². The number of halogens is 1. The molecule has 0 radical (unpaired) electrons. The molecule has 1 saturated carbocycles. The highest BCUT2D eigenvalue weighted by atomic mass is 19.1. The number of ether oxygens (including phenoxy) is 1. The van der Waals surface area contributed by atoms with E-state index in [0.29, 0.717) is 25.3 Å². The molecule has 1 fully saturated rings. The van der Waals surface area contributed by atoms with Crippen molar-refractivity contribution in [3.8, 4) is 5.75 Å². The first-order chi connectivity index (χ1) is 11.6. The van der Waals surface area contributed by atoms with Crippen LogP contribution in [0.3, 0.4) is 0 Å². The van der Waals surface area contributed by atoms with Crippen LogP contribution in [0.2, 0.25) is 0 Å². The summed E-state index contributed by atoms with van der Waals surface area (Å²) in [5, 5.41) is 12.4. The van der Waals surface area contributed by atoms with Gasteiger partial charge in [0.05, 0.1) is 5.92 Å². The van der Waals surface area contributed by atoms with E-state index in [9.17, 15) is 14.3 Å². The summed E-state index contributed by atoms with van der Waals surface area (Å²) in [6, 6.07) is 4.45. The van der Waals surface area contributed by atoms with Crippen LogP contribution in [0.25, 0.3) is 0 Å².